The highest BCUT2D eigenvalue weighted by Gasteiger charge is 2.53. The Hall–Kier alpha value is -2.05. The lowest BCUT2D eigenvalue weighted by atomic mass is 9.57. The van der Waals surface area contributed by atoms with Gasteiger partial charge in [-0.05, 0) is 61.1 Å². The minimum Gasteiger partial charge on any atom is -0.493 e. The van der Waals surface area contributed by atoms with Gasteiger partial charge < -0.3 is 19.3 Å². The number of carbonyl (C=O) groups is 1. The Bertz CT molecular complexity index is 943. The number of esters is 1. The van der Waals surface area contributed by atoms with Gasteiger partial charge in [-0.15, -0.1) is 0 Å². The number of hydrogen-bond donors (Lipinski definition) is 1. The van der Waals surface area contributed by atoms with Crippen LogP contribution >= 0.6 is 0 Å². The van der Waals surface area contributed by atoms with Crippen LogP contribution in [0.4, 0.5) is 0 Å². The maximum atomic E-state index is 11.8. The molecule has 1 N–H and O–H groups in total. The highest BCUT2D eigenvalue weighted by Crippen LogP contribution is 2.51. The van der Waals surface area contributed by atoms with Gasteiger partial charge in [-0.1, -0.05) is 26.0 Å². The lowest BCUT2D eigenvalue weighted by Gasteiger charge is -2.52. The number of rotatable bonds is 6. The summed E-state index contributed by atoms with van der Waals surface area (Å²) < 4.78 is 16.7. The summed E-state index contributed by atoms with van der Waals surface area (Å²) in [4.78, 5) is 14.1. The van der Waals surface area contributed by atoms with E-state index in [0.29, 0.717) is 11.8 Å². The van der Waals surface area contributed by atoms with Crippen LogP contribution in [0.5, 0.6) is 11.5 Å². The average molecular weight is 470 g/mol. The van der Waals surface area contributed by atoms with Crippen molar-refractivity contribution >= 4 is 5.97 Å². The molecule has 2 aliphatic carbocycles. The molecule has 4 rings (SSSR count). The molecule has 6 heteroatoms. The van der Waals surface area contributed by atoms with Crippen LogP contribution in [0.3, 0.4) is 0 Å². The summed E-state index contributed by atoms with van der Waals surface area (Å²) in [6.45, 7) is 10.6. The van der Waals surface area contributed by atoms with E-state index >= 15 is 0 Å². The molecule has 34 heavy (non-hydrogen) atoms. The molecular weight excluding hydrogens is 430 g/mol. The van der Waals surface area contributed by atoms with Gasteiger partial charge >= 0.3 is 5.97 Å². The molecule has 0 saturated heterocycles. The predicted octanol–water partition coefficient (Wildman–Crippen LogP) is 4.06. The molecule has 0 unspecified atom stereocenters. The van der Waals surface area contributed by atoms with Crippen LogP contribution in [0.2, 0.25) is 0 Å². The van der Waals surface area contributed by atoms with E-state index in [1.54, 1.807) is 14.2 Å². The van der Waals surface area contributed by atoms with Gasteiger partial charge in [0.25, 0.3) is 0 Å². The number of hydrogen-bond acceptors (Lipinski definition) is 6. The van der Waals surface area contributed by atoms with Gasteiger partial charge in [-0.2, -0.15) is 0 Å². The molecule has 0 aromatic heterocycles. The number of methoxy groups -OCH3 is 2. The zero-order chi connectivity index (χ0) is 24.6. The quantitative estimate of drug-likeness (QED) is 0.501. The number of aliphatic hydroxyl groups is 1. The molecule has 1 heterocycles. The molecule has 0 amide bonds. The smallest absolute Gasteiger partial charge is 0.303 e. The molecule has 6 nitrogen and oxygen atoms in total. The lowest BCUT2D eigenvalue weighted by Crippen LogP contribution is -2.56. The first-order valence-electron chi connectivity index (χ1n) is 12.5. The standard InChI is InChI=1S/C28H39NO5/c1-17-13-24-22(9-7-19(3)28(24,31)14-26(17)34-20(4)30)18(2)15-29-12-11-21-8-10-25(32-5)27(33-6)23(21)16-29/h8,10,13,18-19,22,24,26,31H,7,9,11-12,15-16H2,1-6H3/t18-,19-,22+,24-,26-,28-/m1/s1. The number of carbonyl (C=O) groups excluding carboxylic acids is 1. The normalized spacial score (nSPS) is 32.1. The Morgan fingerprint density at radius 2 is 2.06 bits per heavy atom. The van der Waals surface area contributed by atoms with Gasteiger partial charge in [0.2, 0.25) is 0 Å². The summed E-state index contributed by atoms with van der Waals surface area (Å²) >= 11 is 0. The third-order valence-electron chi connectivity index (χ3n) is 8.26. The van der Waals surface area contributed by atoms with Gasteiger partial charge in [0.05, 0.1) is 26.2 Å². The van der Waals surface area contributed by atoms with E-state index in [4.69, 9.17) is 14.2 Å². The van der Waals surface area contributed by atoms with E-state index in [-0.39, 0.29) is 17.8 Å². The molecule has 2 radical (unpaired) electrons. The maximum absolute atomic E-state index is 11.8. The molecule has 0 bridgehead atoms. The maximum Gasteiger partial charge on any atom is 0.303 e. The zero-order valence-corrected chi connectivity index (χ0v) is 21.4. The van der Waals surface area contributed by atoms with E-state index in [1.165, 1.54) is 18.1 Å². The fourth-order valence-electron chi connectivity index (χ4n) is 6.33. The predicted molar refractivity (Wildman–Crippen MR) is 131 cm³/mol. The molecule has 1 aromatic carbocycles. The first kappa shape index (κ1) is 25.1. The second-order valence-electron chi connectivity index (χ2n) is 10.4. The van der Waals surface area contributed by atoms with E-state index in [0.717, 1.165) is 56.0 Å². The average Bonchev–Trinajstić information content (AvgIpc) is 2.80. The fourth-order valence-corrected chi connectivity index (χ4v) is 6.33. The van der Waals surface area contributed by atoms with Crippen LogP contribution in [0.1, 0.15) is 51.7 Å². The van der Waals surface area contributed by atoms with Crippen molar-refractivity contribution in [1.29, 1.82) is 0 Å². The van der Waals surface area contributed by atoms with Crippen LogP contribution in [-0.2, 0) is 22.5 Å². The van der Waals surface area contributed by atoms with Crippen molar-refractivity contribution in [2.24, 2.45) is 23.7 Å². The van der Waals surface area contributed by atoms with E-state index < -0.39 is 11.7 Å². The highest BCUT2D eigenvalue weighted by atomic mass is 16.5. The topological polar surface area (TPSA) is 68.2 Å². The molecule has 1 fully saturated rings. The molecule has 3 aliphatic rings. The summed E-state index contributed by atoms with van der Waals surface area (Å²) in [5.74, 6) is 2.03. The van der Waals surface area contributed by atoms with Crippen LogP contribution in [0.15, 0.2) is 23.8 Å². The largest absolute Gasteiger partial charge is 0.493 e. The van der Waals surface area contributed by atoms with Gasteiger partial charge in [-0.25, -0.2) is 0 Å². The minimum absolute atomic E-state index is 0.0234. The van der Waals surface area contributed by atoms with Crippen molar-refractivity contribution in [1.82, 2.24) is 4.90 Å². The Morgan fingerprint density at radius 3 is 2.74 bits per heavy atom. The van der Waals surface area contributed by atoms with Crippen molar-refractivity contribution in [3.8, 4) is 11.5 Å². The van der Waals surface area contributed by atoms with Crippen molar-refractivity contribution in [3.63, 3.8) is 0 Å². The molecule has 1 aromatic rings. The Morgan fingerprint density at radius 1 is 1.29 bits per heavy atom. The Labute approximate surface area is 204 Å². The fraction of sp³-hybridized carbons (Fsp3) is 0.643. The lowest BCUT2D eigenvalue weighted by molar-refractivity contribution is -0.148. The minimum atomic E-state index is -1.08. The number of nitrogens with zero attached hydrogens (tertiary/aromatic N) is 1. The Kier molecular flexibility index (Phi) is 7.30. The van der Waals surface area contributed by atoms with Crippen LogP contribution in [0, 0.1) is 30.1 Å². The van der Waals surface area contributed by atoms with Crippen molar-refractivity contribution in [2.45, 2.75) is 65.2 Å². The third-order valence-corrected chi connectivity index (χ3v) is 8.26. The van der Waals surface area contributed by atoms with E-state index in [2.05, 4.69) is 37.3 Å². The molecule has 0 spiro atoms. The van der Waals surface area contributed by atoms with Gasteiger partial charge in [0, 0.05) is 38.0 Å². The summed E-state index contributed by atoms with van der Waals surface area (Å²) in [6, 6.07) is 4.15. The second-order valence-corrected chi connectivity index (χ2v) is 10.4. The first-order chi connectivity index (χ1) is 16.2. The number of ether oxygens (including phenoxy) is 3. The summed E-state index contributed by atoms with van der Waals surface area (Å²) in [5, 5.41) is 11.8. The molecule has 1 saturated carbocycles. The van der Waals surface area contributed by atoms with Gasteiger partial charge in [0.15, 0.2) is 11.5 Å². The highest BCUT2D eigenvalue weighted by molar-refractivity contribution is 5.66. The van der Waals surface area contributed by atoms with Crippen LogP contribution in [0.25, 0.3) is 0 Å². The third kappa shape index (κ3) is 4.59. The number of fused-ring (bicyclic) bond motifs is 2. The monoisotopic (exact) mass is 469 g/mol. The Balaban J connectivity index is 1.52. The molecule has 186 valence electrons. The van der Waals surface area contributed by atoms with Crippen molar-refractivity contribution in [2.75, 3.05) is 27.3 Å². The van der Waals surface area contributed by atoms with Gasteiger partial charge in [0.1, 0.15) is 6.10 Å². The van der Waals surface area contributed by atoms with Crippen LogP contribution < -0.4 is 9.47 Å². The molecular formula is C28H39NO5. The van der Waals surface area contributed by atoms with Crippen LogP contribution in [-0.4, -0.2) is 55.0 Å². The molecule has 1 aliphatic heterocycles. The molecule has 6 atom stereocenters. The summed E-state index contributed by atoms with van der Waals surface area (Å²) in [5.41, 5.74) is 2.42. The van der Waals surface area contributed by atoms with E-state index in [1.807, 2.05) is 13.0 Å². The summed E-state index contributed by atoms with van der Waals surface area (Å²) in [7, 11) is 3.38. The van der Waals surface area contributed by atoms with Crippen molar-refractivity contribution in [3.05, 3.63) is 41.3 Å². The van der Waals surface area contributed by atoms with Crippen molar-refractivity contribution < 1.29 is 24.1 Å². The van der Waals surface area contributed by atoms with Gasteiger partial charge in [-0.3, -0.25) is 9.69 Å². The van der Waals surface area contributed by atoms with E-state index in [9.17, 15) is 9.90 Å². The SMILES string of the molecule is COc1ccc2c(c1OC)CN(C[C@@H](C)[C@@H]1CC[C@@H](C)[C@]3(O)[C][C@@H](OC(C)=O)C(C)=C[C@H]13)CC2. The second kappa shape index (κ2) is 9.90. The zero-order valence-electron chi connectivity index (χ0n) is 21.4. The number of benzene rings is 1. The summed E-state index contributed by atoms with van der Waals surface area (Å²) in [6.07, 6.45) is 7.86. The first-order valence-corrected chi connectivity index (χ1v) is 12.5.